The molecule has 152 valence electrons. The van der Waals surface area contributed by atoms with E-state index in [0.717, 1.165) is 0 Å². The molecule has 0 fully saturated rings. The van der Waals surface area contributed by atoms with Crippen LogP contribution >= 0.6 is 0 Å². The zero-order valence-electron chi connectivity index (χ0n) is 16.0. The summed E-state index contributed by atoms with van der Waals surface area (Å²) < 4.78 is 21.4. The lowest BCUT2D eigenvalue weighted by molar-refractivity contribution is -0.132. The average molecular weight is 399 g/mol. The van der Waals surface area contributed by atoms with Crippen LogP contribution in [0.15, 0.2) is 47.6 Å². The summed E-state index contributed by atoms with van der Waals surface area (Å²) >= 11 is 0. The number of ether oxygens (including phenoxy) is 4. The van der Waals surface area contributed by atoms with Gasteiger partial charge in [-0.05, 0) is 35.9 Å². The average Bonchev–Trinajstić information content (AvgIpc) is 2.76. The first-order chi connectivity index (χ1) is 14.1. The number of hydrogen-bond donors (Lipinski definition) is 2. The van der Waals surface area contributed by atoms with E-state index in [1.165, 1.54) is 13.3 Å². The molecule has 0 saturated carbocycles. The van der Waals surface area contributed by atoms with E-state index in [-0.39, 0.29) is 13.2 Å². The molecule has 0 radical (unpaired) electrons. The molecule has 2 aromatic carbocycles. The van der Waals surface area contributed by atoms with Crippen LogP contribution in [0.3, 0.4) is 0 Å². The highest BCUT2D eigenvalue weighted by Gasteiger charge is 2.27. The number of carbonyl (C=O) groups is 2. The van der Waals surface area contributed by atoms with Crippen molar-refractivity contribution in [3.63, 3.8) is 0 Å². The highest BCUT2D eigenvalue weighted by molar-refractivity contribution is 5.88. The minimum atomic E-state index is -0.826. The van der Waals surface area contributed by atoms with E-state index >= 15 is 0 Å². The molecule has 2 N–H and O–H groups in total. The van der Waals surface area contributed by atoms with E-state index in [9.17, 15) is 9.59 Å². The van der Waals surface area contributed by atoms with Crippen molar-refractivity contribution in [2.45, 2.75) is 6.10 Å². The van der Waals surface area contributed by atoms with Gasteiger partial charge >= 0.3 is 0 Å². The third kappa shape index (κ3) is 5.16. The first kappa shape index (κ1) is 20.0. The Morgan fingerprint density at radius 1 is 1.14 bits per heavy atom. The Kier molecular flexibility index (Phi) is 6.51. The van der Waals surface area contributed by atoms with Crippen LogP contribution in [0.4, 0.5) is 0 Å². The van der Waals surface area contributed by atoms with Gasteiger partial charge in [0.1, 0.15) is 6.61 Å². The van der Waals surface area contributed by atoms with Crippen LogP contribution in [0, 0.1) is 0 Å². The Bertz CT molecular complexity index is 915. The number of methoxy groups -OCH3 is 2. The van der Waals surface area contributed by atoms with E-state index in [1.807, 2.05) is 6.07 Å². The highest BCUT2D eigenvalue weighted by atomic mass is 16.6. The maximum absolute atomic E-state index is 12.2. The zero-order valence-corrected chi connectivity index (χ0v) is 16.0. The Labute approximate surface area is 167 Å². The molecule has 29 heavy (non-hydrogen) atoms. The van der Waals surface area contributed by atoms with E-state index < -0.39 is 17.9 Å². The first-order valence-corrected chi connectivity index (χ1v) is 8.81. The molecule has 1 aliphatic heterocycles. The summed E-state index contributed by atoms with van der Waals surface area (Å²) in [7, 11) is 3.08. The van der Waals surface area contributed by atoms with Gasteiger partial charge in [-0.15, -0.1) is 0 Å². The summed E-state index contributed by atoms with van der Waals surface area (Å²) in [6.07, 6.45) is 0.629. The fourth-order valence-electron chi connectivity index (χ4n) is 2.58. The molecule has 3 rings (SSSR count). The fourth-order valence-corrected chi connectivity index (χ4v) is 2.58. The van der Waals surface area contributed by atoms with Crippen molar-refractivity contribution in [2.75, 3.05) is 27.4 Å². The van der Waals surface area contributed by atoms with Crippen molar-refractivity contribution in [3.8, 4) is 23.0 Å². The van der Waals surface area contributed by atoms with Crippen LogP contribution in [0.25, 0.3) is 0 Å². The molecule has 0 aliphatic carbocycles. The van der Waals surface area contributed by atoms with Crippen LogP contribution in [-0.2, 0) is 9.59 Å². The summed E-state index contributed by atoms with van der Waals surface area (Å²) in [5.74, 6) is 1.28. The molecule has 0 aromatic heterocycles. The Hall–Kier alpha value is -3.75. The van der Waals surface area contributed by atoms with Crippen LogP contribution in [0.5, 0.6) is 23.0 Å². The standard InChI is InChI=1S/C20H21N3O6/c1-26-14-8-7-13(9-17(14)27-2)10-22-23-19(24)11-21-20(25)18-12-28-15-5-3-4-6-16(15)29-18/h3-10,18H,11-12H2,1-2H3,(H,21,25)(H,23,24)/b22-10-/t18-/m1/s1. The number of hydrogen-bond acceptors (Lipinski definition) is 7. The number of nitrogens with one attached hydrogen (secondary N) is 2. The van der Waals surface area contributed by atoms with Gasteiger partial charge in [0.05, 0.1) is 27.0 Å². The second-order valence-electron chi connectivity index (χ2n) is 5.99. The Morgan fingerprint density at radius 2 is 1.90 bits per heavy atom. The van der Waals surface area contributed by atoms with Gasteiger partial charge in [0, 0.05) is 0 Å². The van der Waals surface area contributed by atoms with Crippen LogP contribution in [0.2, 0.25) is 0 Å². The summed E-state index contributed by atoms with van der Waals surface area (Å²) in [4.78, 5) is 24.1. The molecular formula is C20H21N3O6. The molecule has 2 amide bonds. The number of nitrogens with zero attached hydrogens (tertiary/aromatic N) is 1. The number of fused-ring (bicyclic) bond motifs is 1. The smallest absolute Gasteiger partial charge is 0.265 e. The molecule has 9 nitrogen and oxygen atoms in total. The molecule has 1 heterocycles. The number of carbonyl (C=O) groups excluding carboxylic acids is 2. The summed E-state index contributed by atoms with van der Waals surface area (Å²) in [6.45, 7) is -0.175. The van der Waals surface area contributed by atoms with Gasteiger partial charge in [0.25, 0.3) is 11.8 Å². The number of rotatable bonds is 7. The second kappa shape index (κ2) is 9.45. The van der Waals surface area contributed by atoms with E-state index in [2.05, 4.69) is 15.8 Å². The van der Waals surface area contributed by atoms with Gasteiger partial charge in [-0.2, -0.15) is 5.10 Å². The van der Waals surface area contributed by atoms with Crippen molar-refractivity contribution < 1.29 is 28.5 Å². The van der Waals surface area contributed by atoms with Crippen molar-refractivity contribution in [1.82, 2.24) is 10.7 Å². The predicted octanol–water partition coefficient (Wildman–Crippen LogP) is 1.11. The minimum Gasteiger partial charge on any atom is -0.493 e. The highest BCUT2D eigenvalue weighted by Crippen LogP contribution is 2.30. The lowest BCUT2D eigenvalue weighted by Gasteiger charge is -2.25. The zero-order chi connectivity index (χ0) is 20.6. The van der Waals surface area contributed by atoms with E-state index in [1.54, 1.807) is 43.5 Å². The van der Waals surface area contributed by atoms with Crippen molar-refractivity contribution in [3.05, 3.63) is 48.0 Å². The van der Waals surface area contributed by atoms with E-state index in [0.29, 0.717) is 28.6 Å². The van der Waals surface area contributed by atoms with Crippen LogP contribution in [0.1, 0.15) is 5.56 Å². The molecule has 0 bridgehead atoms. The summed E-state index contributed by atoms with van der Waals surface area (Å²) in [5.41, 5.74) is 3.05. The first-order valence-electron chi connectivity index (χ1n) is 8.81. The molecule has 0 spiro atoms. The van der Waals surface area contributed by atoms with Gasteiger partial charge in [0.15, 0.2) is 23.0 Å². The Morgan fingerprint density at radius 3 is 2.66 bits per heavy atom. The van der Waals surface area contributed by atoms with Crippen molar-refractivity contribution in [2.24, 2.45) is 5.10 Å². The molecule has 9 heteroatoms. The third-order valence-electron chi connectivity index (χ3n) is 4.03. The molecule has 1 aliphatic rings. The lowest BCUT2D eigenvalue weighted by Crippen LogP contribution is -2.46. The van der Waals surface area contributed by atoms with Gasteiger partial charge in [0.2, 0.25) is 6.10 Å². The van der Waals surface area contributed by atoms with Gasteiger partial charge in [-0.1, -0.05) is 12.1 Å². The van der Waals surface area contributed by atoms with Gasteiger partial charge in [-0.3, -0.25) is 9.59 Å². The normalized spacial score (nSPS) is 14.9. The third-order valence-corrected chi connectivity index (χ3v) is 4.03. The molecular weight excluding hydrogens is 378 g/mol. The number of amides is 2. The topological polar surface area (TPSA) is 107 Å². The van der Waals surface area contributed by atoms with Gasteiger partial charge < -0.3 is 24.3 Å². The van der Waals surface area contributed by atoms with E-state index in [4.69, 9.17) is 18.9 Å². The fraction of sp³-hybridized carbons (Fsp3) is 0.250. The number of hydrazone groups is 1. The molecule has 0 unspecified atom stereocenters. The second-order valence-corrected chi connectivity index (χ2v) is 5.99. The molecule has 2 aromatic rings. The quantitative estimate of drug-likeness (QED) is 0.534. The largest absolute Gasteiger partial charge is 0.493 e. The summed E-state index contributed by atoms with van der Waals surface area (Å²) in [5, 5.41) is 6.36. The molecule has 0 saturated heterocycles. The number of benzene rings is 2. The van der Waals surface area contributed by atoms with Crippen molar-refractivity contribution >= 4 is 18.0 Å². The SMILES string of the molecule is COc1ccc(/C=N\NC(=O)CNC(=O)[C@H]2COc3ccccc3O2)cc1OC. The summed E-state index contributed by atoms with van der Waals surface area (Å²) in [6, 6.07) is 12.3. The maximum atomic E-state index is 12.2. The van der Waals surface area contributed by atoms with Crippen LogP contribution in [-0.4, -0.2) is 51.5 Å². The van der Waals surface area contributed by atoms with Gasteiger partial charge in [-0.25, -0.2) is 5.43 Å². The molecule has 1 atom stereocenters. The predicted molar refractivity (Wildman–Crippen MR) is 105 cm³/mol. The number of para-hydroxylation sites is 2. The van der Waals surface area contributed by atoms with Crippen LogP contribution < -0.4 is 29.7 Å². The van der Waals surface area contributed by atoms with Crippen molar-refractivity contribution in [1.29, 1.82) is 0 Å². The minimum absolute atomic E-state index is 0.0714. The Balaban J connectivity index is 1.45. The maximum Gasteiger partial charge on any atom is 0.265 e. The monoisotopic (exact) mass is 399 g/mol. The lowest BCUT2D eigenvalue weighted by atomic mass is 10.2.